The number of ketones is 1. The summed E-state index contributed by atoms with van der Waals surface area (Å²) < 4.78 is 10.6. The number of aromatic amines is 1. The summed E-state index contributed by atoms with van der Waals surface area (Å²) in [6.45, 7) is 0.279. The molecule has 1 aromatic carbocycles. The lowest BCUT2D eigenvalue weighted by molar-refractivity contribution is -0.129. The van der Waals surface area contributed by atoms with Crippen LogP contribution in [0.5, 0.6) is 5.75 Å². The van der Waals surface area contributed by atoms with Crippen LogP contribution in [-0.2, 0) is 11.2 Å². The Morgan fingerprint density at radius 3 is 2.88 bits per heavy atom. The number of rotatable bonds is 7. The topological polar surface area (TPSA) is 109 Å². The molecule has 1 aliphatic heterocycles. The van der Waals surface area contributed by atoms with Gasteiger partial charge in [0.15, 0.2) is 11.5 Å². The number of H-pyrrole nitrogens is 1. The maximum absolute atomic E-state index is 13.1. The number of aliphatic hydroxyl groups is 1. The van der Waals surface area contributed by atoms with Crippen molar-refractivity contribution in [1.82, 2.24) is 14.9 Å². The Morgan fingerprint density at radius 1 is 1.27 bits per heavy atom. The number of pyridine rings is 1. The van der Waals surface area contributed by atoms with Crippen LogP contribution in [0.25, 0.3) is 10.9 Å². The fraction of sp³-hybridized carbons (Fsp3) is 0.160. The number of Topliss-reactive ketones (excluding diaryl/α,β-unsaturated/α-hetero) is 1. The van der Waals surface area contributed by atoms with Gasteiger partial charge in [-0.25, -0.2) is 0 Å². The molecule has 8 heteroatoms. The molecule has 0 saturated carbocycles. The van der Waals surface area contributed by atoms with Crippen LogP contribution in [-0.4, -0.2) is 45.3 Å². The standard InChI is InChI=1S/C25H21N3O5/c1-32-17-6-7-19-18(12-17)15(14-27-19)8-10-28-22(16-4-2-9-26-13-16)21(24(30)25(28)31)23(29)20-5-3-11-33-20/h2-7,9,11-14,22,27,30H,8,10H2,1H3/t22-/m0/s1. The number of carbonyl (C=O) groups is 2. The summed E-state index contributed by atoms with van der Waals surface area (Å²) >= 11 is 0. The zero-order valence-corrected chi connectivity index (χ0v) is 17.8. The summed E-state index contributed by atoms with van der Waals surface area (Å²) in [7, 11) is 1.61. The fourth-order valence-electron chi connectivity index (χ4n) is 4.27. The molecule has 4 aromatic rings. The Hall–Kier alpha value is -4.33. The summed E-state index contributed by atoms with van der Waals surface area (Å²) in [4.78, 5) is 35.1. The molecule has 166 valence electrons. The molecule has 0 fully saturated rings. The van der Waals surface area contributed by atoms with Crippen molar-refractivity contribution in [1.29, 1.82) is 0 Å². The summed E-state index contributed by atoms with van der Waals surface area (Å²) in [6.07, 6.45) is 6.98. The highest BCUT2D eigenvalue weighted by molar-refractivity contribution is 6.15. The van der Waals surface area contributed by atoms with E-state index in [2.05, 4.69) is 9.97 Å². The predicted molar refractivity (Wildman–Crippen MR) is 120 cm³/mol. The molecule has 0 radical (unpaired) electrons. The van der Waals surface area contributed by atoms with Crippen molar-refractivity contribution in [2.45, 2.75) is 12.5 Å². The van der Waals surface area contributed by atoms with Gasteiger partial charge in [0.2, 0.25) is 5.78 Å². The summed E-state index contributed by atoms with van der Waals surface area (Å²) in [5.74, 6) is -0.899. The number of furan rings is 1. The number of aromatic nitrogens is 2. The monoisotopic (exact) mass is 443 g/mol. The molecule has 0 spiro atoms. The molecule has 2 N–H and O–H groups in total. The third-order valence-electron chi connectivity index (χ3n) is 5.89. The van der Waals surface area contributed by atoms with Crippen molar-refractivity contribution >= 4 is 22.6 Å². The molecule has 0 unspecified atom stereocenters. The van der Waals surface area contributed by atoms with E-state index < -0.39 is 23.5 Å². The molecule has 1 amide bonds. The minimum atomic E-state index is -0.774. The number of fused-ring (bicyclic) bond motifs is 1. The van der Waals surface area contributed by atoms with Crippen LogP contribution in [0.15, 0.2) is 83.1 Å². The minimum Gasteiger partial charge on any atom is -0.503 e. The van der Waals surface area contributed by atoms with E-state index in [1.807, 2.05) is 24.4 Å². The molecule has 3 aromatic heterocycles. The van der Waals surface area contributed by atoms with E-state index in [0.717, 1.165) is 22.2 Å². The van der Waals surface area contributed by atoms with Crippen LogP contribution in [0, 0.1) is 0 Å². The highest BCUT2D eigenvalue weighted by Crippen LogP contribution is 2.39. The summed E-state index contributed by atoms with van der Waals surface area (Å²) in [5.41, 5.74) is 2.57. The fourth-order valence-corrected chi connectivity index (χ4v) is 4.27. The van der Waals surface area contributed by atoms with Crippen LogP contribution >= 0.6 is 0 Å². The van der Waals surface area contributed by atoms with E-state index in [-0.39, 0.29) is 17.9 Å². The molecular weight excluding hydrogens is 422 g/mol. The van der Waals surface area contributed by atoms with Gasteiger partial charge < -0.3 is 24.1 Å². The zero-order chi connectivity index (χ0) is 22.9. The second-order valence-corrected chi connectivity index (χ2v) is 7.73. The molecule has 4 heterocycles. The zero-order valence-electron chi connectivity index (χ0n) is 17.8. The first-order valence-electron chi connectivity index (χ1n) is 10.4. The number of amides is 1. The smallest absolute Gasteiger partial charge is 0.290 e. The van der Waals surface area contributed by atoms with Crippen LogP contribution in [0.2, 0.25) is 0 Å². The number of aliphatic hydroxyl groups excluding tert-OH is 1. The number of nitrogens with one attached hydrogen (secondary N) is 1. The van der Waals surface area contributed by atoms with E-state index >= 15 is 0 Å². The normalized spacial score (nSPS) is 16.1. The van der Waals surface area contributed by atoms with Crippen LogP contribution in [0.4, 0.5) is 0 Å². The highest BCUT2D eigenvalue weighted by atomic mass is 16.5. The maximum atomic E-state index is 13.1. The van der Waals surface area contributed by atoms with Gasteiger partial charge >= 0.3 is 0 Å². The van der Waals surface area contributed by atoms with Gasteiger partial charge in [0.1, 0.15) is 5.75 Å². The van der Waals surface area contributed by atoms with E-state index in [4.69, 9.17) is 9.15 Å². The summed E-state index contributed by atoms with van der Waals surface area (Å²) in [6, 6.07) is 11.6. The number of ether oxygens (including phenoxy) is 1. The number of carbonyl (C=O) groups excluding carboxylic acids is 2. The number of hydrogen-bond donors (Lipinski definition) is 2. The number of hydrogen-bond acceptors (Lipinski definition) is 6. The molecule has 1 aliphatic rings. The molecule has 0 saturated heterocycles. The van der Waals surface area contributed by atoms with Crippen molar-refractivity contribution in [3.05, 3.63) is 95.5 Å². The average molecular weight is 443 g/mol. The molecule has 5 rings (SSSR count). The van der Waals surface area contributed by atoms with Gasteiger partial charge in [0.05, 0.1) is 25.0 Å². The summed E-state index contributed by atoms with van der Waals surface area (Å²) in [5, 5.41) is 11.7. The van der Waals surface area contributed by atoms with Crippen molar-refractivity contribution in [3.63, 3.8) is 0 Å². The number of nitrogens with zero attached hydrogens (tertiary/aromatic N) is 2. The Balaban J connectivity index is 1.49. The van der Waals surface area contributed by atoms with Crippen molar-refractivity contribution in [2.75, 3.05) is 13.7 Å². The Kier molecular flexibility index (Phi) is 5.18. The molecule has 0 aliphatic carbocycles. The number of methoxy groups -OCH3 is 1. The largest absolute Gasteiger partial charge is 0.503 e. The lowest BCUT2D eigenvalue weighted by Gasteiger charge is -2.26. The molecule has 0 bridgehead atoms. The Morgan fingerprint density at radius 2 is 2.15 bits per heavy atom. The molecule has 8 nitrogen and oxygen atoms in total. The van der Waals surface area contributed by atoms with Gasteiger partial charge in [0.25, 0.3) is 5.91 Å². The van der Waals surface area contributed by atoms with Gasteiger partial charge in [-0.05, 0) is 53.9 Å². The third-order valence-corrected chi connectivity index (χ3v) is 5.89. The van der Waals surface area contributed by atoms with Crippen LogP contribution in [0.1, 0.15) is 27.7 Å². The van der Waals surface area contributed by atoms with Gasteiger partial charge in [-0.1, -0.05) is 6.07 Å². The molecule has 1 atom stereocenters. The van der Waals surface area contributed by atoms with E-state index in [9.17, 15) is 14.7 Å². The van der Waals surface area contributed by atoms with Gasteiger partial charge in [-0.15, -0.1) is 0 Å². The van der Waals surface area contributed by atoms with E-state index in [0.29, 0.717) is 12.0 Å². The molecular formula is C25H21N3O5. The first-order chi connectivity index (χ1) is 16.1. The van der Waals surface area contributed by atoms with E-state index in [1.54, 1.807) is 37.7 Å². The van der Waals surface area contributed by atoms with E-state index in [1.165, 1.54) is 17.2 Å². The van der Waals surface area contributed by atoms with Crippen molar-refractivity contribution < 1.29 is 23.8 Å². The SMILES string of the molecule is COc1ccc2[nH]cc(CCN3C(=O)C(O)=C(C(=O)c4ccco4)[C@@H]3c3cccnc3)c2c1. The van der Waals surface area contributed by atoms with Gasteiger partial charge in [0, 0.05) is 36.0 Å². The highest BCUT2D eigenvalue weighted by Gasteiger charge is 2.44. The first kappa shape index (κ1) is 20.6. The van der Waals surface area contributed by atoms with Crippen molar-refractivity contribution in [2.24, 2.45) is 0 Å². The van der Waals surface area contributed by atoms with Gasteiger partial charge in [-0.3, -0.25) is 14.6 Å². The third kappa shape index (κ3) is 3.55. The lowest BCUT2D eigenvalue weighted by atomic mass is 9.96. The predicted octanol–water partition coefficient (Wildman–Crippen LogP) is 3.99. The second kappa shape index (κ2) is 8.31. The minimum absolute atomic E-state index is 0.0106. The Bertz CT molecular complexity index is 1360. The Labute approximate surface area is 189 Å². The maximum Gasteiger partial charge on any atom is 0.290 e. The number of benzene rings is 1. The quantitative estimate of drug-likeness (QED) is 0.418. The van der Waals surface area contributed by atoms with Crippen LogP contribution in [0.3, 0.4) is 0 Å². The lowest BCUT2D eigenvalue weighted by Crippen LogP contribution is -2.33. The van der Waals surface area contributed by atoms with Gasteiger partial charge in [-0.2, -0.15) is 0 Å². The van der Waals surface area contributed by atoms with Crippen molar-refractivity contribution in [3.8, 4) is 5.75 Å². The molecule has 33 heavy (non-hydrogen) atoms. The second-order valence-electron chi connectivity index (χ2n) is 7.73. The first-order valence-corrected chi connectivity index (χ1v) is 10.4. The van der Waals surface area contributed by atoms with Crippen LogP contribution < -0.4 is 4.74 Å². The average Bonchev–Trinajstić information content (AvgIpc) is 3.57.